The Bertz CT molecular complexity index is 958. The topological polar surface area (TPSA) is 59.0 Å². The van der Waals surface area contributed by atoms with Crippen LogP contribution in [0.15, 0.2) is 61.2 Å². The summed E-state index contributed by atoms with van der Waals surface area (Å²) in [5, 5.41) is 0. The molecule has 28 heavy (non-hydrogen) atoms. The number of likely N-dealkylation sites (tertiary alicyclic amines) is 1. The van der Waals surface area contributed by atoms with Crippen molar-refractivity contribution in [2.75, 3.05) is 13.1 Å². The fraction of sp³-hybridized carbons (Fsp3) is 0.304. The summed E-state index contributed by atoms with van der Waals surface area (Å²) in [6.07, 6.45) is 9.56. The molecule has 1 fully saturated rings. The summed E-state index contributed by atoms with van der Waals surface area (Å²) < 4.78 is 0. The summed E-state index contributed by atoms with van der Waals surface area (Å²) in [6.45, 7) is 3.58. The number of hydrogen-bond donors (Lipinski definition) is 0. The van der Waals surface area contributed by atoms with Gasteiger partial charge >= 0.3 is 0 Å². The summed E-state index contributed by atoms with van der Waals surface area (Å²) >= 11 is 0. The minimum atomic E-state index is 0.153. The number of pyridine rings is 1. The standard InChI is InChI=1S/C23H24N4O/c1-17-5-2-7-19(11-17)21-14-25-15-22(26-21)20-8-4-10-27(16-20)23(28)12-18-6-3-9-24-13-18/h2-3,5-7,9,11,13-15,20H,4,8,10,12,16H2,1H3/t20-/m1/s1. The molecule has 0 N–H and O–H groups in total. The summed E-state index contributed by atoms with van der Waals surface area (Å²) in [4.78, 5) is 28.1. The van der Waals surface area contributed by atoms with Crippen molar-refractivity contribution in [1.29, 1.82) is 0 Å². The fourth-order valence-corrected chi connectivity index (χ4v) is 3.76. The lowest BCUT2D eigenvalue weighted by Gasteiger charge is -2.32. The van der Waals surface area contributed by atoms with Crippen molar-refractivity contribution >= 4 is 5.91 Å². The van der Waals surface area contributed by atoms with Crippen LogP contribution in [0.3, 0.4) is 0 Å². The number of nitrogens with zero attached hydrogens (tertiary/aromatic N) is 4. The number of carbonyl (C=O) groups is 1. The first-order chi connectivity index (χ1) is 13.7. The van der Waals surface area contributed by atoms with Crippen LogP contribution in [0, 0.1) is 6.92 Å². The molecule has 0 saturated carbocycles. The van der Waals surface area contributed by atoms with E-state index in [4.69, 9.17) is 4.98 Å². The molecule has 1 atom stereocenters. The molecule has 1 amide bonds. The normalized spacial score (nSPS) is 16.8. The molecule has 1 aliphatic rings. The average molecular weight is 372 g/mol. The average Bonchev–Trinajstić information content (AvgIpc) is 2.75. The van der Waals surface area contributed by atoms with Gasteiger partial charge in [-0.25, -0.2) is 4.98 Å². The Morgan fingerprint density at radius 2 is 2.07 bits per heavy atom. The van der Waals surface area contributed by atoms with Gasteiger partial charge in [-0.1, -0.05) is 29.8 Å². The number of aryl methyl sites for hydroxylation is 1. The molecule has 0 aliphatic carbocycles. The second-order valence-corrected chi connectivity index (χ2v) is 7.42. The lowest BCUT2D eigenvalue weighted by atomic mass is 9.94. The second-order valence-electron chi connectivity index (χ2n) is 7.42. The van der Waals surface area contributed by atoms with Crippen LogP contribution >= 0.6 is 0 Å². The van der Waals surface area contributed by atoms with Crippen molar-refractivity contribution in [2.45, 2.75) is 32.1 Å². The molecular formula is C23H24N4O. The van der Waals surface area contributed by atoms with E-state index in [1.54, 1.807) is 12.4 Å². The van der Waals surface area contributed by atoms with Crippen LogP contribution in [0.4, 0.5) is 0 Å². The van der Waals surface area contributed by atoms with Crippen LogP contribution in [-0.2, 0) is 11.2 Å². The van der Waals surface area contributed by atoms with Gasteiger partial charge in [0, 0.05) is 43.2 Å². The molecule has 3 heterocycles. The van der Waals surface area contributed by atoms with E-state index in [1.807, 2.05) is 35.5 Å². The monoisotopic (exact) mass is 372 g/mol. The minimum Gasteiger partial charge on any atom is -0.342 e. The van der Waals surface area contributed by atoms with E-state index in [-0.39, 0.29) is 11.8 Å². The third-order valence-corrected chi connectivity index (χ3v) is 5.24. The van der Waals surface area contributed by atoms with Crippen molar-refractivity contribution < 1.29 is 4.79 Å². The molecule has 0 bridgehead atoms. The molecule has 1 aromatic carbocycles. The maximum Gasteiger partial charge on any atom is 0.227 e. The lowest BCUT2D eigenvalue weighted by molar-refractivity contribution is -0.131. The first kappa shape index (κ1) is 18.3. The quantitative estimate of drug-likeness (QED) is 0.699. The zero-order valence-electron chi connectivity index (χ0n) is 16.1. The third-order valence-electron chi connectivity index (χ3n) is 5.24. The third kappa shape index (κ3) is 4.25. The van der Waals surface area contributed by atoms with Crippen LogP contribution < -0.4 is 0 Å². The van der Waals surface area contributed by atoms with Gasteiger partial charge in [-0.3, -0.25) is 14.8 Å². The number of benzene rings is 1. The molecule has 1 saturated heterocycles. The van der Waals surface area contributed by atoms with E-state index in [9.17, 15) is 4.79 Å². The van der Waals surface area contributed by atoms with Gasteiger partial charge in [-0.05, 0) is 37.5 Å². The van der Waals surface area contributed by atoms with Crippen LogP contribution in [0.5, 0.6) is 0 Å². The number of amides is 1. The van der Waals surface area contributed by atoms with Crippen LogP contribution in [-0.4, -0.2) is 38.8 Å². The van der Waals surface area contributed by atoms with Crippen molar-refractivity contribution in [2.24, 2.45) is 0 Å². The van der Waals surface area contributed by atoms with E-state index in [1.165, 1.54) is 5.56 Å². The van der Waals surface area contributed by atoms with Gasteiger partial charge in [0.05, 0.1) is 24.0 Å². The van der Waals surface area contributed by atoms with Crippen LogP contribution in [0.25, 0.3) is 11.3 Å². The maximum absolute atomic E-state index is 12.7. The summed E-state index contributed by atoms with van der Waals surface area (Å²) in [5.41, 5.74) is 5.10. The first-order valence-corrected chi connectivity index (χ1v) is 9.75. The molecule has 5 heteroatoms. The Labute approximate surface area is 165 Å². The number of hydrogen-bond acceptors (Lipinski definition) is 4. The van der Waals surface area contributed by atoms with E-state index >= 15 is 0 Å². The Morgan fingerprint density at radius 3 is 2.89 bits per heavy atom. The van der Waals surface area contributed by atoms with Crippen molar-refractivity contribution in [3.8, 4) is 11.3 Å². The Balaban J connectivity index is 1.49. The zero-order chi connectivity index (χ0) is 19.3. The SMILES string of the molecule is Cc1cccc(-c2cncc([C@@H]3CCCN(C(=O)Cc4cccnc4)C3)n2)c1. The van der Waals surface area contributed by atoms with Crippen LogP contribution in [0.2, 0.25) is 0 Å². The van der Waals surface area contributed by atoms with E-state index in [2.05, 4.69) is 35.1 Å². The van der Waals surface area contributed by atoms with Gasteiger partial charge in [0.2, 0.25) is 5.91 Å². The molecule has 142 valence electrons. The highest BCUT2D eigenvalue weighted by Gasteiger charge is 2.26. The lowest BCUT2D eigenvalue weighted by Crippen LogP contribution is -2.40. The molecule has 5 nitrogen and oxygen atoms in total. The molecule has 1 aliphatic heterocycles. The summed E-state index contributed by atoms with van der Waals surface area (Å²) in [5.74, 6) is 0.379. The maximum atomic E-state index is 12.7. The van der Waals surface area contributed by atoms with Gasteiger partial charge in [0.25, 0.3) is 0 Å². The molecule has 4 rings (SSSR count). The van der Waals surface area contributed by atoms with Crippen molar-refractivity contribution in [3.63, 3.8) is 0 Å². The van der Waals surface area contributed by atoms with E-state index < -0.39 is 0 Å². The molecule has 0 spiro atoms. The zero-order valence-corrected chi connectivity index (χ0v) is 16.1. The fourth-order valence-electron chi connectivity index (χ4n) is 3.76. The highest BCUT2D eigenvalue weighted by atomic mass is 16.2. The number of rotatable bonds is 4. The largest absolute Gasteiger partial charge is 0.342 e. The van der Waals surface area contributed by atoms with Gasteiger partial charge in [0.1, 0.15) is 0 Å². The molecule has 0 radical (unpaired) electrons. The second kappa shape index (κ2) is 8.30. The minimum absolute atomic E-state index is 0.153. The predicted octanol–water partition coefficient (Wildman–Crippen LogP) is 3.80. The van der Waals surface area contributed by atoms with Gasteiger partial charge < -0.3 is 4.90 Å². The Kier molecular flexibility index (Phi) is 5.42. The van der Waals surface area contributed by atoms with Gasteiger partial charge in [-0.2, -0.15) is 0 Å². The molecule has 0 unspecified atom stereocenters. The van der Waals surface area contributed by atoms with E-state index in [0.29, 0.717) is 13.0 Å². The molecule has 2 aromatic heterocycles. The number of aromatic nitrogens is 3. The highest BCUT2D eigenvalue weighted by Crippen LogP contribution is 2.27. The summed E-state index contributed by atoms with van der Waals surface area (Å²) in [7, 11) is 0. The van der Waals surface area contributed by atoms with E-state index in [0.717, 1.165) is 41.9 Å². The van der Waals surface area contributed by atoms with Crippen molar-refractivity contribution in [1.82, 2.24) is 19.9 Å². The Morgan fingerprint density at radius 1 is 1.14 bits per heavy atom. The first-order valence-electron chi connectivity index (χ1n) is 9.75. The van der Waals surface area contributed by atoms with Gasteiger partial charge in [-0.15, -0.1) is 0 Å². The number of carbonyl (C=O) groups excluding carboxylic acids is 1. The smallest absolute Gasteiger partial charge is 0.227 e. The highest BCUT2D eigenvalue weighted by molar-refractivity contribution is 5.78. The van der Waals surface area contributed by atoms with Crippen molar-refractivity contribution in [3.05, 3.63) is 78.0 Å². The summed E-state index contributed by atoms with van der Waals surface area (Å²) in [6, 6.07) is 12.1. The van der Waals surface area contributed by atoms with Gasteiger partial charge in [0.15, 0.2) is 0 Å². The molecule has 3 aromatic rings. The molecular weight excluding hydrogens is 348 g/mol. The van der Waals surface area contributed by atoms with Crippen LogP contribution in [0.1, 0.15) is 35.6 Å². The predicted molar refractivity (Wildman–Crippen MR) is 109 cm³/mol. The number of piperidine rings is 1. The Hall–Kier alpha value is -3.08.